The largest absolute Gasteiger partial charge is 0.342 e. The van der Waals surface area contributed by atoms with Crippen LogP contribution in [0.15, 0.2) is 54.7 Å². The first-order valence-electron chi connectivity index (χ1n) is 9.61. The summed E-state index contributed by atoms with van der Waals surface area (Å²) in [5.41, 5.74) is 11.1. The van der Waals surface area contributed by atoms with Crippen LogP contribution in [0.5, 0.6) is 0 Å². The summed E-state index contributed by atoms with van der Waals surface area (Å²) in [4.78, 5) is 14.4. The average Bonchev–Trinajstić information content (AvgIpc) is 3.47. The number of nitrogens with one attached hydrogen (secondary N) is 3. The Kier molecular flexibility index (Phi) is 4.21. The first kappa shape index (κ1) is 16.8. The van der Waals surface area contributed by atoms with Gasteiger partial charge in [-0.2, -0.15) is 5.10 Å². The Hall–Kier alpha value is -3.32. The molecule has 0 atom stereocenters. The second kappa shape index (κ2) is 7.01. The van der Waals surface area contributed by atoms with Crippen LogP contribution in [0.4, 0.5) is 5.69 Å². The summed E-state index contributed by atoms with van der Waals surface area (Å²) < 4.78 is 0. The number of benzene rings is 2. The minimum atomic E-state index is 0.210. The van der Waals surface area contributed by atoms with Crippen molar-refractivity contribution in [3.63, 3.8) is 0 Å². The van der Waals surface area contributed by atoms with Crippen LogP contribution < -0.4 is 16.0 Å². The Labute approximate surface area is 163 Å². The molecule has 0 aliphatic carbocycles. The predicted octanol–water partition coefficient (Wildman–Crippen LogP) is 2.56. The number of hydrogen-bond acceptors (Lipinski definition) is 5. The molecule has 0 bridgehead atoms. The molecular formula is C21H22N6O. The summed E-state index contributed by atoms with van der Waals surface area (Å²) in [5, 5.41) is 10.5. The third-order valence-electron chi connectivity index (χ3n) is 5.30. The number of aromatic amines is 1. The van der Waals surface area contributed by atoms with Gasteiger partial charge in [0.2, 0.25) is 5.91 Å². The lowest BCUT2D eigenvalue weighted by atomic mass is 10.1. The van der Waals surface area contributed by atoms with Gasteiger partial charge in [-0.15, -0.1) is 5.53 Å². The number of rotatable bonds is 4. The zero-order valence-corrected chi connectivity index (χ0v) is 15.5. The van der Waals surface area contributed by atoms with Crippen molar-refractivity contribution < 1.29 is 4.79 Å². The van der Waals surface area contributed by atoms with Gasteiger partial charge in [0, 0.05) is 18.5 Å². The second-order valence-electron chi connectivity index (χ2n) is 7.20. The molecule has 7 heteroatoms. The average molecular weight is 374 g/mol. The predicted molar refractivity (Wildman–Crippen MR) is 109 cm³/mol. The number of amides is 1. The molecule has 0 unspecified atom stereocenters. The van der Waals surface area contributed by atoms with Crippen LogP contribution in [0.3, 0.4) is 0 Å². The van der Waals surface area contributed by atoms with Gasteiger partial charge >= 0.3 is 0 Å². The van der Waals surface area contributed by atoms with Crippen molar-refractivity contribution in [3.05, 3.63) is 66.0 Å². The summed E-state index contributed by atoms with van der Waals surface area (Å²) in [7, 11) is 0. The third-order valence-corrected chi connectivity index (χ3v) is 5.30. The van der Waals surface area contributed by atoms with E-state index in [-0.39, 0.29) is 5.91 Å². The van der Waals surface area contributed by atoms with Crippen LogP contribution in [0, 0.1) is 0 Å². The molecular weight excluding hydrogens is 352 g/mol. The fourth-order valence-corrected chi connectivity index (χ4v) is 3.81. The number of nitrogens with zero attached hydrogens (tertiary/aromatic N) is 3. The Morgan fingerprint density at radius 3 is 2.82 bits per heavy atom. The van der Waals surface area contributed by atoms with E-state index in [9.17, 15) is 4.79 Å². The molecule has 2 aliphatic heterocycles. The quantitative estimate of drug-likeness (QED) is 0.654. The van der Waals surface area contributed by atoms with E-state index in [2.05, 4.69) is 21.2 Å². The smallest absolute Gasteiger partial charge is 0.226 e. The Bertz CT molecular complexity index is 1050. The molecule has 1 aromatic heterocycles. The maximum atomic E-state index is 12.4. The number of carbonyl (C=O) groups excluding carboxylic acids is 1. The molecule has 5 rings (SSSR count). The van der Waals surface area contributed by atoms with Crippen LogP contribution in [0.1, 0.15) is 24.1 Å². The third kappa shape index (κ3) is 3.10. The van der Waals surface area contributed by atoms with E-state index in [1.54, 1.807) is 0 Å². The van der Waals surface area contributed by atoms with E-state index in [0.717, 1.165) is 59.5 Å². The van der Waals surface area contributed by atoms with E-state index >= 15 is 0 Å². The lowest BCUT2D eigenvalue weighted by molar-refractivity contribution is -0.129. The fraction of sp³-hybridized carbons (Fsp3) is 0.238. The van der Waals surface area contributed by atoms with Crippen molar-refractivity contribution in [1.82, 2.24) is 26.1 Å². The van der Waals surface area contributed by atoms with E-state index in [4.69, 9.17) is 0 Å². The number of aromatic nitrogens is 2. The van der Waals surface area contributed by atoms with Gasteiger partial charge in [-0.1, -0.05) is 30.3 Å². The van der Waals surface area contributed by atoms with E-state index < -0.39 is 0 Å². The molecule has 3 aromatic rings. The minimum Gasteiger partial charge on any atom is -0.342 e. The summed E-state index contributed by atoms with van der Waals surface area (Å²) in [5.74, 6) is 0.210. The molecule has 2 aromatic carbocycles. The van der Waals surface area contributed by atoms with Crippen LogP contribution in [-0.2, 0) is 11.2 Å². The highest BCUT2D eigenvalue weighted by atomic mass is 16.2. The molecule has 7 nitrogen and oxygen atoms in total. The molecule has 3 N–H and O–H groups in total. The van der Waals surface area contributed by atoms with Gasteiger partial charge in [0.25, 0.3) is 0 Å². The van der Waals surface area contributed by atoms with Crippen LogP contribution in [-0.4, -0.2) is 34.1 Å². The van der Waals surface area contributed by atoms with Crippen LogP contribution in [0.25, 0.3) is 16.6 Å². The number of fused-ring (bicyclic) bond motifs is 1. The highest BCUT2D eigenvalue weighted by Crippen LogP contribution is 2.25. The second-order valence-corrected chi connectivity index (χ2v) is 7.20. The zero-order chi connectivity index (χ0) is 18.9. The Morgan fingerprint density at radius 1 is 1.07 bits per heavy atom. The van der Waals surface area contributed by atoms with Crippen LogP contribution >= 0.6 is 0 Å². The number of hydrogen-bond donors (Lipinski definition) is 3. The first-order chi connectivity index (χ1) is 13.8. The van der Waals surface area contributed by atoms with Gasteiger partial charge in [0.1, 0.15) is 5.69 Å². The monoisotopic (exact) mass is 374 g/mol. The topological polar surface area (TPSA) is 76.3 Å². The molecule has 0 radical (unpaired) electrons. The van der Waals surface area contributed by atoms with Gasteiger partial charge in [-0.05, 0) is 36.6 Å². The van der Waals surface area contributed by atoms with Crippen molar-refractivity contribution in [1.29, 1.82) is 0 Å². The lowest BCUT2D eigenvalue weighted by Gasteiger charge is -2.18. The molecule has 1 saturated heterocycles. The summed E-state index contributed by atoms with van der Waals surface area (Å²) in [6.45, 7) is 1.78. The maximum absolute atomic E-state index is 12.4. The number of hydrazine groups is 2. The van der Waals surface area contributed by atoms with Crippen molar-refractivity contribution in [2.45, 2.75) is 19.3 Å². The van der Waals surface area contributed by atoms with E-state index in [0.29, 0.717) is 6.42 Å². The molecule has 1 amide bonds. The van der Waals surface area contributed by atoms with Crippen molar-refractivity contribution in [3.8, 4) is 0 Å². The highest BCUT2D eigenvalue weighted by molar-refractivity contribution is 5.90. The summed E-state index contributed by atoms with van der Waals surface area (Å²) in [6, 6.07) is 16.1. The van der Waals surface area contributed by atoms with Gasteiger partial charge in [-0.3, -0.25) is 20.3 Å². The van der Waals surface area contributed by atoms with Crippen molar-refractivity contribution >= 4 is 28.2 Å². The molecule has 0 saturated carbocycles. The standard InChI is InChI=1S/C21H22N6O/c28-20(26-10-3-4-11-26)13-15-6-5-7-16(12-15)27-14-19(23-25-27)21-17-8-1-2-9-18(17)22-24-21/h1-2,5-9,12,14,23,25H,3-4,10-11,13H2,(H,22,24). The summed E-state index contributed by atoms with van der Waals surface area (Å²) >= 11 is 0. The molecule has 0 spiro atoms. The number of H-pyrrole nitrogens is 1. The number of anilines is 1. The van der Waals surface area contributed by atoms with Crippen LogP contribution in [0.2, 0.25) is 0 Å². The zero-order valence-electron chi connectivity index (χ0n) is 15.5. The molecule has 28 heavy (non-hydrogen) atoms. The molecule has 1 fully saturated rings. The number of para-hydroxylation sites is 1. The molecule has 2 aliphatic rings. The maximum Gasteiger partial charge on any atom is 0.226 e. The van der Waals surface area contributed by atoms with E-state index in [1.807, 2.05) is 64.6 Å². The summed E-state index contributed by atoms with van der Waals surface area (Å²) in [6.07, 6.45) is 4.65. The molecule has 3 heterocycles. The highest BCUT2D eigenvalue weighted by Gasteiger charge is 2.20. The number of carbonyl (C=O) groups is 1. The van der Waals surface area contributed by atoms with Gasteiger partial charge in [0.05, 0.1) is 29.5 Å². The van der Waals surface area contributed by atoms with Gasteiger partial charge in [0.15, 0.2) is 0 Å². The van der Waals surface area contributed by atoms with Crippen molar-refractivity contribution in [2.75, 3.05) is 18.1 Å². The minimum absolute atomic E-state index is 0.210. The SMILES string of the molecule is O=C(Cc1cccc(N2C=C(c3n[nH]c4ccccc34)NN2)c1)N1CCCC1. The van der Waals surface area contributed by atoms with E-state index in [1.165, 1.54) is 0 Å². The normalized spacial score (nSPS) is 16.5. The first-order valence-corrected chi connectivity index (χ1v) is 9.61. The van der Waals surface area contributed by atoms with Gasteiger partial charge < -0.3 is 4.90 Å². The molecule has 142 valence electrons. The Morgan fingerprint density at radius 2 is 1.93 bits per heavy atom. The number of likely N-dealkylation sites (tertiary alicyclic amines) is 1. The van der Waals surface area contributed by atoms with Crippen molar-refractivity contribution in [2.24, 2.45) is 0 Å². The Balaban J connectivity index is 1.36. The fourth-order valence-electron chi connectivity index (χ4n) is 3.81. The lowest BCUT2D eigenvalue weighted by Crippen LogP contribution is -2.36. The van der Waals surface area contributed by atoms with Gasteiger partial charge in [-0.25, -0.2) is 0 Å².